The van der Waals surface area contributed by atoms with Crippen molar-refractivity contribution in [3.8, 4) is 0 Å². The Labute approximate surface area is 218 Å². The van der Waals surface area contributed by atoms with Crippen molar-refractivity contribution in [1.29, 1.82) is 0 Å². The molecule has 36 heavy (non-hydrogen) atoms. The van der Waals surface area contributed by atoms with Gasteiger partial charge < -0.3 is 15.0 Å². The number of halogens is 1. The zero-order chi connectivity index (χ0) is 25.7. The van der Waals surface area contributed by atoms with Gasteiger partial charge in [0.25, 0.3) is 0 Å². The lowest BCUT2D eigenvalue weighted by Gasteiger charge is -2.38. The molecule has 0 unspecified atom stereocenters. The SMILES string of the molecule is CCOC(=O)C1=C(CN2CCCN(C(=O)C3CCCC3)CC2)N(CC)C(=O)N[C@H]1c1ccc(Cl)cc1. The van der Waals surface area contributed by atoms with Crippen LogP contribution in [0.25, 0.3) is 0 Å². The molecule has 0 aromatic heterocycles. The summed E-state index contributed by atoms with van der Waals surface area (Å²) in [5.74, 6) is 0.0296. The first-order valence-electron chi connectivity index (χ1n) is 13.2. The average molecular weight is 517 g/mol. The van der Waals surface area contributed by atoms with Gasteiger partial charge in [-0.1, -0.05) is 36.6 Å². The molecule has 2 aliphatic heterocycles. The molecule has 3 aliphatic rings. The van der Waals surface area contributed by atoms with Crippen molar-refractivity contribution in [1.82, 2.24) is 20.0 Å². The van der Waals surface area contributed by atoms with E-state index in [1.54, 1.807) is 24.0 Å². The van der Waals surface area contributed by atoms with Crippen LogP contribution in [0.3, 0.4) is 0 Å². The lowest BCUT2D eigenvalue weighted by atomic mass is 9.94. The van der Waals surface area contributed by atoms with Crippen LogP contribution in [0, 0.1) is 5.92 Å². The molecule has 1 N–H and O–H groups in total. The lowest BCUT2D eigenvalue weighted by molar-refractivity contribution is -0.139. The number of rotatable bonds is 7. The smallest absolute Gasteiger partial charge is 0.338 e. The van der Waals surface area contributed by atoms with Crippen LogP contribution in [0.2, 0.25) is 5.02 Å². The molecule has 1 saturated heterocycles. The number of carbonyl (C=O) groups excluding carboxylic acids is 3. The van der Waals surface area contributed by atoms with Crippen molar-refractivity contribution in [2.75, 3.05) is 45.9 Å². The molecule has 196 valence electrons. The summed E-state index contributed by atoms with van der Waals surface area (Å²) in [6.07, 6.45) is 5.15. The van der Waals surface area contributed by atoms with E-state index in [2.05, 4.69) is 10.2 Å². The summed E-state index contributed by atoms with van der Waals surface area (Å²) in [6, 6.07) is 6.28. The average Bonchev–Trinajstić information content (AvgIpc) is 3.31. The number of amides is 3. The molecule has 3 amide bonds. The quantitative estimate of drug-likeness (QED) is 0.554. The molecule has 8 nitrogen and oxygen atoms in total. The maximum absolute atomic E-state index is 13.3. The fraction of sp³-hybridized carbons (Fsp3) is 0.593. The summed E-state index contributed by atoms with van der Waals surface area (Å²) in [4.78, 5) is 45.3. The molecule has 1 aliphatic carbocycles. The number of hydrogen-bond acceptors (Lipinski definition) is 5. The highest BCUT2D eigenvalue weighted by atomic mass is 35.5. The predicted molar refractivity (Wildman–Crippen MR) is 138 cm³/mol. The number of urea groups is 1. The molecule has 1 saturated carbocycles. The zero-order valence-corrected chi connectivity index (χ0v) is 22.1. The lowest BCUT2D eigenvalue weighted by Crippen LogP contribution is -2.51. The summed E-state index contributed by atoms with van der Waals surface area (Å²) in [6.45, 7) is 7.68. The van der Waals surface area contributed by atoms with Crippen LogP contribution >= 0.6 is 11.6 Å². The van der Waals surface area contributed by atoms with Gasteiger partial charge in [-0.3, -0.25) is 14.6 Å². The highest BCUT2D eigenvalue weighted by molar-refractivity contribution is 6.30. The minimum atomic E-state index is -0.626. The Balaban J connectivity index is 1.61. The Kier molecular flexibility index (Phi) is 8.90. The highest BCUT2D eigenvalue weighted by Crippen LogP contribution is 2.33. The molecule has 4 rings (SSSR count). The monoisotopic (exact) mass is 516 g/mol. The standard InChI is InChI=1S/C27H37ClN4O4/c1-3-32-22(18-30-14-7-15-31(17-16-30)25(33)20-8-5-6-9-20)23(26(34)36-4-2)24(29-27(32)35)19-10-12-21(28)13-11-19/h10-13,20,24H,3-9,14-18H2,1-2H3,(H,29,35)/t24-/m0/s1. The van der Waals surface area contributed by atoms with E-state index in [4.69, 9.17) is 16.3 Å². The largest absolute Gasteiger partial charge is 0.463 e. The van der Waals surface area contributed by atoms with Gasteiger partial charge in [-0.05, 0) is 50.8 Å². The van der Waals surface area contributed by atoms with Crippen LogP contribution in [0.15, 0.2) is 35.5 Å². The Bertz CT molecular complexity index is 990. The normalized spacial score (nSPS) is 22.0. The second-order valence-corrected chi connectivity index (χ2v) is 10.1. The van der Waals surface area contributed by atoms with Gasteiger partial charge in [0.2, 0.25) is 5.91 Å². The zero-order valence-electron chi connectivity index (χ0n) is 21.3. The second kappa shape index (κ2) is 12.1. The van der Waals surface area contributed by atoms with Gasteiger partial charge in [-0.25, -0.2) is 9.59 Å². The maximum atomic E-state index is 13.3. The van der Waals surface area contributed by atoms with E-state index in [0.717, 1.165) is 50.8 Å². The van der Waals surface area contributed by atoms with Crippen LogP contribution in [0.1, 0.15) is 57.6 Å². The van der Waals surface area contributed by atoms with E-state index in [1.165, 1.54) is 0 Å². The fourth-order valence-corrected chi connectivity index (χ4v) is 5.68. The number of esters is 1. The maximum Gasteiger partial charge on any atom is 0.338 e. The summed E-state index contributed by atoms with van der Waals surface area (Å²) >= 11 is 6.09. The molecule has 1 atom stereocenters. The summed E-state index contributed by atoms with van der Waals surface area (Å²) in [5.41, 5.74) is 1.88. The summed E-state index contributed by atoms with van der Waals surface area (Å²) in [5, 5.41) is 3.57. The molecule has 0 bridgehead atoms. The Morgan fingerprint density at radius 2 is 1.75 bits per heavy atom. The van der Waals surface area contributed by atoms with Gasteiger partial charge in [0.05, 0.1) is 18.2 Å². The van der Waals surface area contributed by atoms with Gasteiger partial charge in [-0.2, -0.15) is 0 Å². The highest BCUT2D eigenvalue weighted by Gasteiger charge is 2.38. The third-order valence-electron chi connectivity index (χ3n) is 7.43. The van der Waals surface area contributed by atoms with Crippen molar-refractivity contribution in [3.05, 3.63) is 46.1 Å². The summed E-state index contributed by atoms with van der Waals surface area (Å²) in [7, 11) is 0. The first kappa shape index (κ1) is 26.5. The second-order valence-electron chi connectivity index (χ2n) is 9.70. The van der Waals surface area contributed by atoms with E-state index in [0.29, 0.717) is 42.5 Å². The number of carbonyl (C=O) groups is 3. The van der Waals surface area contributed by atoms with Crippen LogP contribution in [0.5, 0.6) is 0 Å². The predicted octanol–water partition coefficient (Wildman–Crippen LogP) is 3.97. The van der Waals surface area contributed by atoms with Crippen LogP contribution in [-0.2, 0) is 14.3 Å². The topological polar surface area (TPSA) is 82.2 Å². The Morgan fingerprint density at radius 1 is 1.03 bits per heavy atom. The number of nitrogens with one attached hydrogen (secondary N) is 1. The Hall–Kier alpha value is -2.58. The number of ether oxygens (including phenoxy) is 1. The number of likely N-dealkylation sites (N-methyl/N-ethyl adjacent to an activating group) is 1. The molecule has 1 aromatic carbocycles. The van der Waals surface area contributed by atoms with Crippen LogP contribution in [0.4, 0.5) is 4.79 Å². The minimum Gasteiger partial charge on any atom is -0.463 e. The van der Waals surface area contributed by atoms with Gasteiger partial charge in [0.15, 0.2) is 0 Å². The molecule has 2 heterocycles. The van der Waals surface area contributed by atoms with E-state index in [1.807, 2.05) is 24.0 Å². The van der Waals surface area contributed by atoms with Crippen molar-refractivity contribution in [2.45, 2.75) is 52.0 Å². The third-order valence-corrected chi connectivity index (χ3v) is 7.68. The van der Waals surface area contributed by atoms with E-state index in [-0.39, 0.29) is 24.5 Å². The van der Waals surface area contributed by atoms with Crippen LogP contribution in [-0.4, -0.2) is 78.5 Å². The van der Waals surface area contributed by atoms with Crippen molar-refractivity contribution >= 4 is 29.5 Å². The minimum absolute atomic E-state index is 0.174. The molecule has 9 heteroatoms. The van der Waals surface area contributed by atoms with E-state index < -0.39 is 12.0 Å². The van der Waals surface area contributed by atoms with Gasteiger partial charge in [0.1, 0.15) is 0 Å². The fourth-order valence-electron chi connectivity index (χ4n) is 5.56. The molecule has 1 aromatic rings. The van der Waals surface area contributed by atoms with Gasteiger partial charge in [0, 0.05) is 55.9 Å². The first-order chi connectivity index (χ1) is 17.4. The number of nitrogens with zero attached hydrogens (tertiary/aromatic N) is 3. The molecule has 0 radical (unpaired) electrons. The molecular formula is C27H37ClN4O4. The number of benzene rings is 1. The van der Waals surface area contributed by atoms with E-state index in [9.17, 15) is 14.4 Å². The van der Waals surface area contributed by atoms with Crippen molar-refractivity contribution in [2.24, 2.45) is 5.92 Å². The molecule has 0 spiro atoms. The molecule has 2 fully saturated rings. The summed E-state index contributed by atoms with van der Waals surface area (Å²) < 4.78 is 5.46. The first-order valence-corrected chi connectivity index (χ1v) is 13.6. The van der Waals surface area contributed by atoms with Gasteiger partial charge >= 0.3 is 12.0 Å². The van der Waals surface area contributed by atoms with Crippen molar-refractivity contribution < 1.29 is 19.1 Å². The van der Waals surface area contributed by atoms with Crippen molar-refractivity contribution in [3.63, 3.8) is 0 Å². The number of hydrogen-bond donors (Lipinski definition) is 1. The van der Waals surface area contributed by atoms with Gasteiger partial charge in [-0.15, -0.1) is 0 Å². The third kappa shape index (κ3) is 5.86. The molecular weight excluding hydrogens is 480 g/mol. The van der Waals surface area contributed by atoms with E-state index >= 15 is 0 Å². The Morgan fingerprint density at radius 3 is 2.42 bits per heavy atom. The van der Waals surface area contributed by atoms with Crippen LogP contribution < -0.4 is 5.32 Å².